The van der Waals surface area contributed by atoms with Gasteiger partial charge in [-0.1, -0.05) is 48.5 Å². The first-order valence-electron chi connectivity index (χ1n) is 9.97. The Bertz CT molecular complexity index is 1350. The smallest absolute Gasteiger partial charge is 1.00 e. The standard InChI is InChI=1S/2C13H9NO2.Ba.2H/c2*15-11-7-3-1-5-9(11)13-14-10-6-2-4-8-12(10)16-13;;;/h2*1-8,15H;;;/q;;+2;2*-1. The largest absolute Gasteiger partial charge is 2.00 e. The Kier molecular flexibility index (Phi) is 7.22. The molecule has 6 nitrogen and oxygen atoms in total. The van der Waals surface area contributed by atoms with E-state index in [4.69, 9.17) is 8.83 Å². The SMILES string of the molecule is Oc1ccccc1-c1nc2ccccc2o1.Oc1ccccc1-c1nc2ccccc2o1.[Ba+2].[H-].[H-]. The van der Waals surface area contributed by atoms with Gasteiger partial charge in [0.1, 0.15) is 22.5 Å². The van der Waals surface area contributed by atoms with Crippen molar-refractivity contribution in [1.82, 2.24) is 9.97 Å². The normalized spacial score (nSPS) is 10.4. The maximum Gasteiger partial charge on any atom is 2.00 e. The van der Waals surface area contributed by atoms with E-state index < -0.39 is 0 Å². The van der Waals surface area contributed by atoms with Gasteiger partial charge < -0.3 is 21.9 Å². The third-order valence-corrected chi connectivity index (χ3v) is 4.86. The molecule has 0 aliphatic carbocycles. The van der Waals surface area contributed by atoms with Gasteiger partial charge >= 0.3 is 48.9 Å². The molecule has 0 spiro atoms. The second-order valence-corrected chi connectivity index (χ2v) is 7.01. The maximum atomic E-state index is 9.69. The number of rotatable bonds is 2. The number of phenolic OH excluding ortho intramolecular Hbond substituents is 2. The molecule has 160 valence electrons. The van der Waals surface area contributed by atoms with Crippen molar-refractivity contribution in [2.45, 2.75) is 0 Å². The number of aromatic nitrogens is 2. The average Bonchev–Trinajstić information content (AvgIpc) is 3.44. The number of hydrogen-bond acceptors (Lipinski definition) is 6. The van der Waals surface area contributed by atoms with Crippen LogP contribution in [0.3, 0.4) is 0 Å². The van der Waals surface area contributed by atoms with E-state index in [0.717, 1.165) is 22.2 Å². The van der Waals surface area contributed by atoms with Crippen molar-refractivity contribution in [2.75, 3.05) is 0 Å². The zero-order valence-electron chi connectivity index (χ0n) is 19.6. The summed E-state index contributed by atoms with van der Waals surface area (Å²) in [5, 5.41) is 19.4. The van der Waals surface area contributed by atoms with Crippen LogP contribution in [0.5, 0.6) is 11.5 Å². The van der Waals surface area contributed by atoms with E-state index in [2.05, 4.69) is 9.97 Å². The van der Waals surface area contributed by atoms with Gasteiger partial charge in [0.15, 0.2) is 11.2 Å². The topological polar surface area (TPSA) is 92.5 Å². The summed E-state index contributed by atoms with van der Waals surface area (Å²) in [6.07, 6.45) is 0. The molecule has 0 amide bonds. The predicted molar refractivity (Wildman–Crippen MR) is 130 cm³/mol. The van der Waals surface area contributed by atoms with Crippen molar-refractivity contribution >= 4 is 71.1 Å². The first-order chi connectivity index (χ1) is 15.7. The quantitative estimate of drug-likeness (QED) is 0.243. The molecule has 33 heavy (non-hydrogen) atoms. The summed E-state index contributed by atoms with van der Waals surface area (Å²) in [6, 6.07) is 29.0. The van der Waals surface area contributed by atoms with E-state index in [1.54, 1.807) is 36.4 Å². The van der Waals surface area contributed by atoms with Gasteiger partial charge in [-0.2, -0.15) is 0 Å². The van der Waals surface area contributed by atoms with Gasteiger partial charge in [0.2, 0.25) is 11.8 Å². The second kappa shape index (κ2) is 10.3. The van der Waals surface area contributed by atoms with Gasteiger partial charge in [-0.3, -0.25) is 0 Å². The number of phenols is 2. The minimum Gasteiger partial charge on any atom is -1.00 e. The summed E-state index contributed by atoms with van der Waals surface area (Å²) in [4.78, 5) is 8.63. The number of benzene rings is 4. The molecule has 7 heteroatoms. The summed E-state index contributed by atoms with van der Waals surface area (Å²) in [5.41, 5.74) is 4.25. The third-order valence-electron chi connectivity index (χ3n) is 4.86. The van der Waals surface area contributed by atoms with Crippen LogP contribution in [0.15, 0.2) is 106 Å². The number of hydrogen-bond donors (Lipinski definition) is 2. The zero-order valence-corrected chi connectivity index (χ0v) is 22.0. The summed E-state index contributed by atoms with van der Waals surface area (Å²) in [7, 11) is 0. The number of nitrogens with zero attached hydrogens (tertiary/aromatic N) is 2. The third kappa shape index (κ3) is 5.00. The molecule has 0 aliphatic heterocycles. The first-order valence-corrected chi connectivity index (χ1v) is 9.97. The molecule has 0 saturated carbocycles. The summed E-state index contributed by atoms with van der Waals surface area (Å²) >= 11 is 0. The molecule has 6 aromatic rings. The Labute approximate surface area is 232 Å². The van der Waals surface area contributed by atoms with Crippen LogP contribution in [-0.4, -0.2) is 69.1 Å². The van der Waals surface area contributed by atoms with E-state index >= 15 is 0 Å². The molecule has 2 aromatic heterocycles. The molecule has 4 aromatic carbocycles. The Morgan fingerprint density at radius 3 is 1.27 bits per heavy atom. The van der Waals surface area contributed by atoms with Crippen molar-refractivity contribution in [3.05, 3.63) is 97.1 Å². The van der Waals surface area contributed by atoms with Gasteiger partial charge in [-0.05, 0) is 48.5 Å². The summed E-state index contributed by atoms with van der Waals surface area (Å²) in [5.74, 6) is 1.24. The molecule has 0 radical (unpaired) electrons. The van der Waals surface area contributed by atoms with E-state index in [1.807, 2.05) is 60.7 Å². The van der Waals surface area contributed by atoms with Gasteiger partial charge in [-0.15, -0.1) is 0 Å². The van der Waals surface area contributed by atoms with Crippen LogP contribution in [0.4, 0.5) is 0 Å². The van der Waals surface area contributed by atoms with Crippen LogP contribution in [0.25, 0.3) is 45.1 Å². The van der Waals surface area contributed by atoms with Gasteiger partial charge in [0.05, 0.1) is 11.1 Å². The number of para-hydroxylation sites is 6. The minimum absolute atomic E-state index is 0. The monoisotopic (exact) mass is 562 g/mol. The number of fused-ring (bicyclic) bond motifs is 2. The van der Waals surface area contributed by atoms with Crippen molar-refractivity contribution in [1.29, 1.82) is 0 Å². The van der Waals surface area contributed by atoms with Gasteiger partial charge in [0, 0.05) is 0 Å². The Hall–Kier alpha value is -3.01. The molecule has 0 unspecified atom stereocenters. The van der Waals surface area contributed by atoms with Crippen LogP contribution in [-0.2, 0) is 0 Å². The molecule has 6 rings (SSSR count). The van der Waals surface area contributed by atoms with Crippen LogP contribution in [0, 0.1) is 0 Å². The second-order valence-electron chi connectivity index (χ2n) is 7.01. The molecule has 2 heterocycles. The van der Waals surface area contributed by atoms with Crippen LogP contribution in [0.1, 0.15) is 2.85 Å². The Morgan fingerprint density at radius 2 is 0.879 bits per heavy atom. The molecular formula is C26H20BaN2O4. The Morgan fingerprint density at radius 1 is 0.515 bits per heavy atom. The van der Waals surface area contributed by atoms with Crippen LogP contribution < -0.4 is 0 Å². The molecule has 0 saturated heterocycles. The Balaban J connectivity index is 0.000000227. The fraction of sp³-hybridized carbons (Fsp3) is 0. The van der Waals surface area contributed by atoms with E-state index in [-0.39, 0.29) is 63.2 Å². The van der Waals surface area contributed by atoms with Crippen molar-refractivity contribution < 1.29 is 21.9 Å². The average molecular weight is 562 g/mol. The van der Waals surface area contributed by atoms with Crippen molar-refractivity contribution in [2.24, 2.45) is 0 Å². The molecule has 0 aliphatic rings. The van der Waals surface area contributed by atoms with E-state index in [1.165, 1.54) is 0 Å². The summed E-state index contributed by atoms with van der Waals surface area (Å²) in [6.45, 7) is 0. The molecular weight excluding hydrogens is 542 g/mol. The maximum absolute atomic E-state index is 9.69. The molecule has 0 fully saturated rings. The summed E-state index contributed by atoms with van der Waals surface area (Å²) < 4.78 is 11.1. The molecule has 0 bridgehead atoms. The van der Waals surface area contributed by atoms with Crippen molar-refractivity contribution in [3.63, 3.8) is 0 Å². The van der Waals surface area contributed by atoms with E-state index in [0.29, 0.717) is 22.9 Å². The zero-order chi connectivity index (χ0) is 21.9. The van der Waals surface area contributed by atoms with Gasteiger partial charge in [-0.25, -0.2) is 9.97 Å². The number of oxazole rings is 2. The fourth-order valence-corrected chi connectivity index (χ4v) is 3.28. The minimum atomic E-state index is 0. The van der Waals surface area contributed by atoms with Gasteiger partial charge in [0.25, 0.3) is 0 Å². The predicted octanol–water partition coefficient (Wildman–Crippen LogP) is 6.25. The molecule has 2 N–H and O–H groups in total. The van der Waals surface area contributed by atoms with E-state index in [9.17, 15) is 10.2 Å². The van der Waals surface area contributed by atoms with Crippen LogP contribution >= 0.6 is 0 Å². The van der Waals surface area contributed by atoms with Crippen molar-refractivity contribution in [3.8, 4) is 34.4 Å². The first kappa shape index (κ1) is 23.2. The fourth-order valence-electron chi connectivity index (χ4n) is 3.28. The molecule has 0 atom stereocenters. The number of aromatic hydroxyl groups is 2. The van der Waals surface area contributed by atoms with Crippen LogP contribution in [0.2, 0.25) is 0 Å².